The average Bonchev–Trinajstić information content (AvgIpc) is 2.65. The molecule has 9 nitrogen and oxygen atoms in total. The number of ether oxygens (including phenoxy) is 1. The predicted molar refractivity (Wildman–Crippen MR) is 95.3 cm³/mol. The van der Waals surface area contributed by atoms with Gasteiger partial charge in [0.15, 0.2) is 0 Å². The van der Waals surface area contributed by atoms with Crippen molar-refractivity contribution in [2.24, 2.45) is 11.5 Å². The lowest BCUT2D eigenvalue weighted by atomic mass is 10.2. The molecule has 2 atom stereocenters. The molecule has 1 aromatic carbocycles. The zero-order valence-corrected chi connectivity index (χ0v) is 14.5. The third-order valence-electron chi connectivity index (χ3n) is 2.78. The Morgan fingerprint density at radius 1 is 1.15 bits per heavy atom. The van der Waals surface area contributed by atoms with Gasteiger partial charge in [0.05, 0.1) is 12.3 Å². The minimum Gasteiger partial charge on any atom is -0.432 e. The van der Waals surface area contributed by atoms with Crippen LogP contribution in [0.4, 0.5) is 0 Å². The molecule has 0 aliphatic carbocycles. The van der Waals surface area contributed by atoms with E-state index in [0.717, 1.165) is 11.8 Å². The number of rotatable bonds is 8. The standard InChI is InChI=1S/C16H18N4O5S/c1-2-11(18)25-15(23)14(19-12(21)8-17)20-13(22)9-26-16(24)10-6-4-3-5-7-10/h1,3-7,11,14H,8-9,17-18H2,(H,19,21)(H,20,22). The average molecular weight is 378 g/mol. The second-order valence-electron chi connectivity index (χ2n) is 4.74. The quantitative estimate of drug-likeness (QED) is 0.243. The smallest absolute Gasteiger partial charge is 0.351 e. The van der Waals surface area contributed by atoms with Crippen molar-refractivity contribution < 1.29 is 23.9 Å². The van der Waals surface area contributed by atoms with E-state index >= 15 is 0 Å². The fourth-order valence-electron chi connectivity index (χ4n) is 1.59. The van der Waals surface area contributed by atoms with Gasteiger partial charge in [-0.1, -0.05) is 42.1 Å². The molecule has 2 unspecified atom stereocenters. The van der Waals surface area contributed by atoms with Crippen molar-refractivity contribution >= 4 is 34.7 Å². The highest BCUT2D eigenvalue weighted by Gasteiger charge is 2.25. The van der Waals surface area contributed by atoms with Gasteiger partial charge >= 0.3 is 5.97 Å². The highest BCUT2D eigenvalue weighted by atomic mass is 32.2. The molecule has 0 aliphatic heterocycles. The van der Waals surface area contributed by atoms with Crippen LogP contribution in [0.3, 0.4) is 0 Å². The number of nitrogens with one attached hydrogen (secondary N) is 2. The number of benzene rings is 1. The maximum Gasteiger partial charge on any atom is 0.351 e. The molecule has 0 aliphatic rings. The summed E-state index contributed by atoms with van der Waals surface area (Å²) in [6, 6.07) is 8.35. The van der Waals surface area contributed by atoms with Crippen molar-refractivity contribution in [1.82, 2.24) is 10.6 Å². The van der Waals surface area contributed by atoms with Crippen LogP contribution in [0.5, 0.6) is 0 Å². The van der Waals surface area contributed by atoms with Crippen LogP contribution >= 0.6 is 11.8 Å². The van der Waals surface area contributed by atoms with E-state index in [-0.39, 0.29) is 10.9 Å². The zero-order chi connectivity index (χ0) is 19.5. The van der Waals surface area contributed by atoms with E-state index in [9.17, 15) is 19.2 Å². The monoisotopic (exact) mass is 378 g/mol. The van der Waals surface area contributed by atoms with Crippen molar-refractivity contribution in [2.75, 3.05) is 12.3 Å². The first-order valence-corrected chi connectivity index (χ1v) is 8.29. The lowest BCUT2D eigenvalue weighted by Gasteiger charge is -2.19. The first-order valence-electron chi connectivity index (χ1n) is 7.30. The van der Waals surface area contributed by atoms with E-state index in [1.807, 2.05) is 5.92 Å². The molecule has 6 N–H and O–H groups in total. The summed E-state index contributed by atoms with van der Waals surface area (Å²) in [5.41, 5.74) is 10.9. The van der Waals surface area contributed by atoms with Crippen LogP contribution in [0.15, 0.2) is 30.3 Å². The third kappa shape index (κ3) is 7.35. The number of hydrogen-bond donors (Lipinski definition) is 4. The first-order chi connectivity index (χ1) is 12.4. The lowest BCUT2D eigenvalue weighted by Crippen LogP contribution is -2.56. The fraction of sp³-hybridized carbons (Fsp3) is 0.250. The molecule has 0 fully saturated rings. The summed E-state index contributed by atoms with van der Waals surface area (Å²) in [7, 11) is 0. The van der Waals surface area contributed by atoms with Gasteiger partial charge in [0.25, 0.3) is 0 Å². The van der Waals surface area contributed by atoms with Crippen LogP contribution in [0, 0.1) is 12.3 Å². The van der Waals surface area contributed by atoms with Crippen molar-refractivity contribution in [3.05, 3.63) is 35.9 Å². The van der Waals surface area contributed by atoms with Crippen LogP contribution in [-0.2, 0) is 19.1 Å². The van der Waals surface area contributed by atoms with E-state index in [1.165, 1.54) is 0 Å². The molecule has 2 amide bonds. The summed E-state index contributed by atoms with van der Waals surface area (Å²) < 4.78 is 4.66. The van der Waals surface area contributed by atoms with Gasteiger partial charge in [-0.15, -0.1) is 6.42 Å². The Kier molecular flexibility index (Phi) is 8.86. The molecule has 10 heteroatoms. The van der Waals surface area contributed by atoms with Gasteiger partial charge in [-0.05, 0) is 5.92 Å². The van der Waals surface area contributed by atoms with Crippen LogP contribution in [0.25, 0.3) is 0 Å². The Balaban J connectivity index is 2.63. The first kappa shape index (κ1) is 21.2. The molecule has 0 heterocycles. The van der Waals surface area contributed by atoms with Crippen molar-refractivity contribution in [2.45, 2.75) is 12.4 Å². The summed E-state index contributed by atoms with van der Waals surface area (Å²) in [4.78, 5) is 47.2. The molecule has 0 aromatic heterocycles. The largest absolute Gasteiger partial charge is 0.432 e. The normalized spacial score (nSPS) is 12.2. The molecule has 26 heavy (non-hydrogen) atoms. The maximum absolute atomic E-state index is 12.0. The second-order valence-corrected chi connectivity index (χ2v) is 5.69. The van der Waals surface area contributed by atoms with Gasteiger partial charge in [-0.25, -0.2) is 4.79 Å². The maximum atomic E-state index is 12.0. The molecular weight excluding hydrogens is 360 g/mol. The summed E-state index contributed by atoms with van der Waals surface area (Å²) in [5, 5.41) is 4.06. The molecule has 0 spiro atoms. The van der Waals surface area contributed by atoms with Gasteiger partial charge in [-0.2, -0.15) is 0 Å². The zero-order valence-electron chi connectivity index (χ0n) is 13.6. The van der Waals surface area contributed by atoms with Gasteiger partial charge in [0.2, 0.25) is 29.3 Å². The van der Waals surface area contributed by atoms with Crippen molar-refractivity contribution in [3.8, 4) is 12.3 Å². The highest BCUT2D eigenvalue weighted by molar-refractivity contribution is 8.14. The third-order valence-corrected chi connectivity index (χ3v) is 3.69. The molecule has 0 bridgehead atoms. The number of esters is 1. The van der Waals surface area contributed by atoms with Crippen molar-refractivity contribution in [1.29, 1.82) is 0 Å². The van der Waals surface area contributed by atoms with E-state index in [0.29, 0.717) is 5.56 Å². The van der Waals surface area contributed by atoms with Crippen LogP contribution in [0.1, 0.15) is 10.4 Å². The number of carbonyl (C=O) groups excluding carboxylic acids is 4. The van der Waals surface area contributed by atoms with Gasteiger partial charge in [0, 0.05) is 5.56 Å². The fourth-order valence-corrected chi connectivity index (χ4v) is 2.24. The van der Waals surface area contributed by atoms with Gasteiger partial charge in [-0.3, -0.25) is 20.1 Å². The van der Waals surface area contributed by atoms with Gasteiger partial charge < -0.3 is 21.1 Å². The Labute approximate surface area is 154 Å². The summed E-state index contributed by atoms with van der Waals surface area (Å²) in [6.07, 6.45) is 2.12. The lowest BCUT2D eigenvalue weighted by molar-refractivity contribution is -0.152. The minimum absolute atomic E-state index is 0.281. The molecule has 138 valence electrons. The molecular formula is C16H18N4O5S. The van der Waals surface area contributed by atoms with Crippen LogP contribution in [-0.4, -0.2) is 47.6 Å². The number of nitrogens with two attached hydrogens (primary N) is 2. The number of amides is 2. The number of terminal acetylenes is 1. The van der Waals surface area contributed by atoms with Crippen LogP contribution < -0.4 is 22.1 Å². The number of carbonyl (C=O) groups is 4. The minimum atomic E-state index is -1.54. The molecule has 0 radical (unpaired) electrons. The Morgan fingerprint density at radius 2 is 1.77 bits per heavy atom. The van der Waals surface area contributed by atoms with E-state index in [4.69, 9.17) is 17.9 Å². The predicted octanol–water partition coefficient (Wildman–Crippen LogP) is -1.46. The van der Waals surface area contributed by atoms with Crippen molar-refractivity contribution in [3.63, 3.8) is 0 Å². The van der Waals surface area contributed by atoms with Crippen LogP contribution in [0.2, 0.25) is 0 Å². The summed E-state index contributed by atoms with van der Waals surface area (Å²) >= 11 is 0.737. The second kappa shape index (κ2) is 10.9. The molecule has 1 aromatic rings. The summed E-state index contributed by atoms with van der Waals surface area (Å²) in [5.74, 6) is -0.781. The topological polar surface area (TPSA) is 154 Å². The Hall–Kier alpha value is -2.87. The Morgan fingerprint density at radius 3 is 2.35 bits per heavy atom. The highest BCUT2D eigenvalue weighted by Crippen LogP contribution is 2.11. The van der Waals surface area contributed by atoms with Gasteiger partial charge in [0.1, 0.15) is 0 Å². The van der Waals surface area contributed by atoms with E-state index in [2.05, 4.69) is 15.4 Å². The SMILES string of the molecule is C#CC(N)OC(=O)C(NC(=O)CN)NC(=O)CSC(=O)c1ccccc1. The summed E-state index contributed by atoms with van der Waals surface area (Å²) in [6.45, 7) is -0.415. The van der Waals surface area contributed by atoms with E-state index in [1.54, 1.807) is 30.3 Å². The molecule has 0 saturated heterocycles. The van der Waals surface area contributed by atoms with E-state index < -0.39 is 36.7 Å². The molecule has 0 saturated carbocycles. The molecule has 1 rings (SSSR count). The number of thioether (sulfide) groups is 1. The Bertz CT molecular complexity index is 704. The number of hydrogen-bond acceptors (Lipinski definition) is 8.